The number of imide groups is 1. The molecule has 0 N–H and O–H groups in total. The number of alkyl halides is 1. The van der Waals surface area contributed by atoms with Crippen molar-refractivity contribution in [2.45, 2.75) is 56.0 Å². The average Bonchev–Trinajstić information content (AvgIpc) is 3.43. The molecule has 1 spiro atoms. The molecule has 2 amide bonds. The normalized spacial score (nSPS) is 31.6. The first-order valence-corrected chi connectivity index (χ1v) is 12.5. The van der Waals surface area contributed by atoms with Crippen molar-refractivity contribution in [3.8, 4) is 0 Å². The van der Waals surface area contributed by atoms with E-state index in [1.54, 1.807) is 13.8 Å². The predicted octanol–water partition coefficient (Wildman–Crippen LogP) is 1.10. The van der Waals surface area contributed by atoms with Gasteiger partial charge in [0.05, 0.1) is 26.2 Å². The Hall–Kier alpha value is -2.21. The fourth-order valence-corrected chi connectivity index (χ4v) is 4.92. The van der Waals surface area contributed by atoms with E-state index in [1.165, 1.54) is 20.8 Å². The number of rotatable bonds is 10. The van der Waals surface area contributed by atoms with Crippen molar-refractivity contribution < 1.29 is 42.9 Å². The van der Waals surface area contributed by atoms with Crippen LogP contribution in [0, 0.1) is 23.2 Å². The molecule has 2 heterocycles. The largest absolute Gasteiger partial charge is 0.464 e. The molecule has 2 aliphatic heterocycles. The van der Waals surface area contributed by atoms with Crippen molar-refractivity contribution in [2.24, 2.45) is 23.2 Å². The zero-order chi connectivity index (χ0) is 26.8. The minimum Gasteiger partial charge on any atom is -0.464 e. The van der Waals surface area contributed by atoms with Gasteiger partial charge in [-0.1, -0.05) is 41.9 Å². The lowest BCUT2D eigenvalue weighted by molar-refractivity contribution is -0.172. The van der Waals surface area contributed by atoms with Crippen LogP contribution in [-0.2, 0) is 42.9 Å². The third-order valence-corrected chi connectivity index (χ3v) is 7.43. The van der Waals surface area contributed by atoms with E-state index in [9.17, 15) is 24.0 Å². The predicted molar refractivity (Wildman–Crippen MR) is 128 cm³/mol. The number of ether oxygens (including phenoxy) is 4. The molecule has 0 bridgehead atoms. The second-order valence-corrected chi connectivity index (χ2v) is 13.2. The lowest BCUT2D eigenvalue weighted by Crippen LogP contribution is -2.44. The Morgan fingerprint density at radius 3 is 2.11 bits per heavy atom. The second kappa shape index (κ2) is 8.68. The lowest BCUT2D eigenvalue weighted by Gasteiger charge is -2.29. The van der Waals surface area contributed by atoms with E-state index in [4.69, 9.17) is 26.8 Å². The quantitative estimate of drug-likeness (QED) is 0.0727. The summed E-state index contributed by atoms with van der Waals surface area (Å²) < 4.78 is 20.5. The number of amides is 2. The van der Waals surface area contributed by atoms with Crippen LogP contribution in [0.25, 0.3) is 0 Å². The number of carbonyl (C=O) groups is 5. The van der Waals surface area contributed by atoms with Gasteiger partial charge in [-0.25, -0.2) is 0 Å². The molecule has 10 nitrogen and oxygen atoms in total. The Labute approximate surface area is 218 Å². The van der Waals surface area contributed by atoms with Crippen molar-refractivity contribution in [3.63, 3.8) is 0 Å². The number of nitrogens with zero attached hydrogens (tertiary/aromatic N) is 1. The van der Waals surface area contributed by atoms with Crippen LogP contribution < -0.4 is 0 Å². The van der Waals surface area contributed by atoms with Crippen molar-refractivity contribution >= 4 is 53.5 Å². The summed E-state index contributed by atoms with van der Waals surface area (Å²) in [5.41, 5.74) is -1.99. The van der Waals surface area contributed by atoms with E-state index in [1.807, 2.05) is 12.2 Å². The SMILES string of the molecule is [B]C(C)(C)C(=O)OCC(C)(COC(=O)C(C)(C)Br)C(=O)OCCN1C(=O)[C@@H]2C3OC34C=CC4[C@@H]2C1=O. The maximum Gasteiger partial charge on any atom is 0.322 e. The highest BCUT2D eigenvalue weighted by molar-refractivity contribution is 9.10. The van der Waals surface area contributed by atoms with Gasteiger partial charge in [0.15, 0.2) is 0 Å². The number of epoxide rings is 1. The number of esters is 3. The standard InChI is InChI=1S/C24H29BBrNO9/c1-21(2,25)18(30)34-10-23(5,11-35-19(31)22(3,4)26)20(32)33-9-8-27-16(28)13-12-6-7-24(12)15(36-24)14(13)17(27)29/h6-7,12-15H,8-11H2,1-5H3/t12?,13-,14-,15?,23?,24?/m0/s1. The number of halogens is 1. The summed E-state index contributed by atoms with van der Waals surface area (Å²) in [5, 5.41) is -1.30. The fraction of sp³-hybridized carbons (Fsp3) is 0.708. The van der Waals surface area contributed by atoms with Gasteiger partial charge in [-0.2, -0.15) is 0 Å². The minimum absolute atomic E-state index is 0.0883. The summed E-state index contributed by atoms with van der Waals surface area (Å²) in [4.78, 5) is 64.3. The Bertz CT molecular complexity index is 1020. The van der Waals surface area contributed by atoms with Gasteiger partial charge in [0, 0.05) is 11.2 Å². The fourth-order valence-electron chi connectivity index (χ4n) is 4.80. The Kier molecular flexibility index (Phi) is 6.47. The molecule has 6 atom stereocenters. The molecule has 1 saturated carbocycles. The minimum atomic E-state index is -1.55. The third kappa shape index (κ3) is 4.40. The zero-order valence-corrected chi connectivity index (χ0v) is 22.5. The highest BCUT2D eigenvalue weighted by Gasteiger charge is 2.80. The van der Waals surface area contributed by atoms with Gasteiger partial charge >= 0.3 is 17.9 Å². The van der Waals surface area contributed by atoms with Crippen LogP contribution in [0.15, 0.2) is 12.2 Å². The highest BCUT2D eigenvalue weighted by Crippen LogP contribution is 2.67. The van der Waals surface area contributed by atoms with Gasteiger partial charge in [-0.05, 0) is 20.8 Å². The Morgan fingerprint density at radius 1 is 1.00 bits per heavy atom. The maximum atomic E-state index is 13.0. The molecule has 2 aliphatic carbocycles. The van der Waals surface area contributed by atoms with E-state index in [0.717, 1.165) is 4.90 Å². The number of hydrogen-bond donors (Lipinski definition) is 0. The van der Waals surface area contributed by atoms with Gasteiger partial charge in [-0.15, -0.1) is 0 Å². The monoisotopic (exact) mass is 565 g/mol. The molecule has 0 aromatic heterocycles. The van der Waals surface area contributed by atoms with Crippen molar-refractivity contribution in [3.05, 3.63) is 12.2 Å². The maximum absolute atomic E-state index is 13.0. The molecule has 4 unspecified atom stereocenters. The molecule has 4 aliphatic rings. The molecule has 12 heteroatoms. The van der Waals surface area contributed by atoms with Crippen LogP contribution in [-0.4, -0.2) is 84.9 Å². The second-order valence-electron chi connectivity index (χ2n) is 11.2. The number of hydrogen-bond acceptors (Lipinski definition) is 9. The number of likely N-dealkylation sites (tertiary alicyclic amines) is 1. The summed E-state index contributed by atoms with van der Waals surface area (Å²) in [6.07, 6.45) is 3.56. The van der Waals surface area contributed by atoms with Gasteiger partial charge in [0.25, 0.3) is 0 Å². The Balaban J connectivity index is 1.36. The Morgan fingerprint density at radius 2 is 1.58 bits per heavy atom. The third-order valence-electron chi connectivity index (χ3n) is 7.10. The number of carbonyl (C=O) groups excluding carboxylic acids is 5. The van der Waals surface area contributed by atoms with Crippen LogP contribution in [0.2, 0.25) is 5.31 Å². The molecule has 2 radical (unpaired) electrons. The summed E-state index contributed by atoms with van der Waals surface area (Å²) in [5.74, 6) is -3.86. The van der Waals surface area contributed by atoms with Gasteiger partial charge in [0.2, 0.25) is 11.8 Å². The van der Waals surface area contributed by atoms with Crippen LogP contribution in [0.4, 0.5) is 0 Å². The molecule has 4 rings (SSSR count). The van der Waals surface area contributed by atoms with Crippen LogP contribution in [0.3, 0.4) is 0 Å². The van der Waals surface area contributed by atoms with Crippen LogP contribution >= 0.6 is 15.9 Å². The molecule has 0 aromatic rings. The van der Waals surface area contributed by atoms with Crippen molar-refractivity contribution in [1.29, 1.82) is 0 Å². The van der Waals surface area contributed by atoms with E-state index < -0.39 is 63.6 Å². The summed E-state index contributed by atoms with van der Waals surface area (Å²) >= 11 is 3.19. The summed E-state index contributed by atoms with van der Waals surface area (Å²) in [6, 6.07) is 0. The highest BCUT2D eigenvalue weighted by atomic mass is 79.9. The molecule has 3 fully saturated rings. The van der Waals surface area contributed by atoms with E-state index in [2.05, 4.69) is 15.9 Å². The average molecular weight is 566 g/mol. The van der Waals surface area contributed by atoms with E-state index >= 15 is 0 Å². The smallest absolute Gasteiger partial charge is 0.322 e. The first kappa shape index (κ1) is 26.8. The van der Waals surface area contributed by atoms with Crippen molar-refractivity contribution in [2.75, 3.05) is 26.4 Å². The van der Waals surface area contributed by atoms with Gasteiger partial charge < -0.3 is 18.9 Å². The zero-order valence-electron chi connectivity index (χ0n) is 20.9. The molecule has 0 aromatic carbocycles. The van der Waals surface area contributed by atoms with Gasteiger partial charge in [0.1, 0.15) is 41.3 Å². The van der Waals surface area contributed by atoms with E-state index in [-0.39, 0.29) is 37.0 Å². The molecule has 2 saturated heterocycles. The first-order chi connectivity index (χ1) is 16.5. The molecule has 36 heavy (non-hydrogen) atoms. The molecular weight excluding hydrogens is 537 g/mol. The topological polar surface area (TPSA) is 129 Å². The van der Waals surface area contributed by atoms with Crippen LogP contribution in [0.1, 0.15) is 34.6 Å². The summed E-state index contributed by atoms with van der Waals surface area (Å²) in [6.45, 7) is 6.21. The summed E-state index contributed by atoms with van der Waals surface area (Å²) in [7, 11) is 5.75. The lowest BCUT2D eigenvalue weighted by atomic mass is 9.73. The van der Waals surface area contributed by atoms with Gasteiger partial charge in [-0.3, -0.25) is 28.9 Å². The first-order valence-electron chi connectivity index (χ1n) is 11.7. The number of fused-ring (bicyclic) bond motifs is 3. The van der Waals surface area contributed by atoms with E-state index in [0.29, 0.717) is 0 Å². The molecule has 194 valence electrons. The van der Waals surface area contributed by atoms with Crippen molar-refractivity contribution in [1.82, 2.24) is 4.90 Å². The van der Waals surface area contributed by atoms with Crippen LogP contribution in [0.5, 0.6) is 0 Å². The molecular formula is C24H29BBrNO9.